The van der Waals surface area contributed by atoms with E-state index in [0.717, 1.165) is 16.1 Å². The maximum atomic E-state index is 12.0. The predicted molar refractivity (Wildman–Crippen MR) is 70.0 cm³/mol. The van der Waals surface area contributed by atoms with Crippen LogP contribution in [0.25, 0.3) is 10.2 Å². The Hall–Kier alpha value is -1.27. The Kier molecular flexibility index (Phi) is 3.02. The standard InChI is InChI=1S/C10H11N3OS2/c1-2-6-3-7-9(16-6)12-5-13(10(7)14)4-8(11)15/h3,5H,2,4H2,1H3,(H2,11,15). The largest absolute Gasteiger partial charge is 0.392 e. The fourth-order valence-electron chi connectivity index (χ4n) is 1.46. The average Bonchev–Trinajstić information content (AvgIpc) is 2.65. The summed E-state index contributed by atoms with van der Waals surface area (Å²) in [6.45, 7) is 2.30. The Morgan fingerprint density at radius 2 is 2.44 bits per heavy atom. The van der Waals surface area contributed by atoms with Crippen molar-refractivity contribution in [2.45, 2.75) is 19.9 Å². The van der Waals surface area contributed by atoms with Crippen LogP contribution in [0.15, 0.2) is 17.2 Å². The molecule has 2 aromatic rings. The minimum absolute atomic E-state index is 0.0752. The van der Waals surface area contributed by atoms with E-state index in [2.05, 4.69) is 11.9 Å². The van der Waals surface area contributed by atoms with Crippen molar-refractivity contribution < 1.29 is 0 Å². The predicted octanol–water partition coefficient (Wildman–Crippen LogP) is 1.31. The quantitative estimate of drug-likeness (QED) is 0.838. The summed E-state index contributed by atoms with van der Waals surface area (Å²) in [5.74, 6) is 0. The van der Waals surface area contributed by atoms with E-state index in [1.807, 2.05) is 6.07 Å². The van der Waals surface area contributed by atoms with Crippen LogP contribution in [0, 0.1) is 0 Å². The van der Waals surface area contributed by atoms with Gasteiger partial charge in [0.25, 0.3) is 5.56 Å². The zero-order chi connectivity index (χ0) is 11.7. The second-order valence-corrected chi connectivity index (χ2v) is 5.07. The summed E-state index contributed by atoms with van der Waals surface area (Å²) in [5.41, 5.74) is 5.34. The van der Waals surface area contributed by atoms with Crippen LogP contribution in [0.2, 0.25) is 0 Å². The van der Waals surface area contributed by atoms with Gasteiger partial charge in [0.15, 0.2) is 0 Å². The molecule has 0 spiro atoms. The number of nitrogens with two attached hydrogens (primary N) is 1. The third-order valence-electron chi connectivity index (χ3n) is 2.24. The number of nitrogens with zero attached hydrogens (tertiary/aromatic N) is 2. The lowest BCUT2D eigenvalue weighted by molar-refractivity contribution is 0.796. The van der Waals surface area contributed by atoms with Gasteiger partial charge in [-0.2, -0.15) is 0 Å². The van der Waals surface area contributed by atoms with Crippen LogP contribution in [-0.2, 0) is 13.0 Å². The molecule has 6 heteroatoms. The molecule has 2 heterocycles. The Labute approximate surface area is 102 Å². The first-order chi connectivity index (χ1) is 7.61. The van der Waals surface area contributed by atoms with Gasteiger partial charge in [0.2, 0.25) is 0 Å². The summed E-state index contributed by atoms with van der Waals surface area (Å²) < 4.78 is 1.44. The second-order valence-electron chi connectivity index (χ2n) is 3.43. The summed E-state index contributed by atoms with van der Waals surface area (Å²) in [5, 5.41) is 0.653. The van der Waals surface area contributed by atoms with Gasteiger partial charge in [-0.1, -0.05) is 19.1 Å². The van der Waals surface area contributed by atoms with Gasteiger partial charge in [0, 0.05) is 4.88 Å². The lowest BCUT2D eigenvalue weighted by Gasteiger charge is -2.02. The smallest absolute Gasteiger partial charge is 0.262 e. The highest BCUT2D eigenvalue weighted by molar-refractivity contribution is 7.80. The highest BCUT2D eigenvalue weighted by atomic mass is 32.1. The molecule has 0 aliphatic carbocycles. The molecule has 16 heavy (non-hydrogen) atoms. The second kappa shape index (κ2) is 4.31. The molecule has 2 rings (SSSR count). The minimum atomic E-state index is -0.0752. The minimum Gasteiger partial charge on any atom is -0.392 e. The van der Waals surface area contributed by atoms with Gasteiger partial charge >= 0.3 is 0 Å². The van der Waals surface area contributed by atoms with Crippen molar-refractivity contribution in [1.82, 2.24) is 9.55 Å². The number of thiophene rings is 1. The summed E-state index contributed by atoms with van der Waals surface area (Å²) >= 11 is 6.33. The van der Waals surface area contributed by atoms with Gasteiger partial charge in [-0.05, 0) is 12.5 Å². The molecule has 0 amide bonds. The van der Waals surface area contributed by atoms with Crippen LogP contribution in [0.4, 0.5) is 0 Å². The van der Waals surface area contributed by atoms with Gasteiger partial charge in [0.05, 0.1) is 23.2 Å². The number of aromatic nitrogens is 2. The van der Waals surface area contributed by atoms with E-state index in [4.69, 9.17) is 18.0 Å². The lowest BCUT2D eigenvalue weighted by atomic mass is 10.3. The van der Waals surface area contributed by atoms with E-state index in [1.165, 1.54) is 10.9 Å². The third kappa shape index (κ3) is 1.98. The molecular formula is C10H11N3OS2. The van der Waals surface area contributed by atoms with E-state index in [9.17, 15) is 4.79 Å². The topological polar surface area (TPSA) is 60.9 Å². The maximum absolute atomic E-state index is 12.0. The molecule has 0 bridgehead atoms. The number of aryl methyl sites for hydroxylation is 1. The number of fused-ring (bicyclic) bond motifs is 1. The first kappa shape index (κ1) is 11.2. The molecular weight excluding hydrogens is 242 g/mol. The highest BCUT2D eigenvalue weighted by Crippen LogP contribution is 2.20. The van der Waals surface area contributed by atoms with Gasteiger partial charge < -0.3 is 5.73 Å². The SMILES string of the molecule is CCc1cc2c(=O)n(CC(N)=S)cnc2s1. The number of hydrogen-bond acceptors (Lipinski definition) is 4. The number of hydrogen-bond donors (Lipinski definition) is 1. The zero-order valence-electron chi connectivity index (χ0n) is 8.77. The summed E-state index contributed by atoms with van der Waals surface area (Å²) in [7, 11) is 0. The van der Waals surface area contributed by atoms with Crippen molar-refractivity contribution in [3.63, 3.8) is 0 Å². The molecule has 0 saturated heterocycles. The van der Waals surface area contributed by atoms with E-state index in [-0.39, 0.29) is 17.1 Å². The Balaban J connectivity index is 2.59. The third-order valence-corrected chi connectivity index (χ3v) is 3.56. The van der Waals surface area contributed by atoms with Gasteiger partial charge in [-0.25, -0.2) is 4.98 Å². The fourth-order valence-corrected chi connectivity index (χ4v) is 2.53. The highest BCUT2D eigenvalue weighted by Gasteiger charge is 2.08. The first-order valence-corrected chi connectivity index (χ1v) is 6.10. The van der Waals surface area contributed by atoms with Crippen LogP contribution in [0.1, 0.15) is 11.8 Å². The van der Waals surface area contributed by atoms with Crippen molar-refractivity contribution in [3.8, 4) is 0 Å². The van der Waals surface area contributed by atoms with E-state index in [1.54, 1.807) is 11.3 Å². The van der Waals surface area contributed by atoms with Crippen LogP contribution >= 0.6 is 23.6 Å². The Morgan fingerprint density at radius 3 is 3.06 bits per heavy atom. The summed E-state index contributed by atoms with van der Waals surface area (Å²) in [6, 6.07) is 1.89. The Morgan fingerprint density at radius 1 is 1.69 bits per heavy atom. The van der Waals surface area contributed by atoms with E-state index in [0.29, 0.717) is 5.39 Å². The molecule has 4 nitrogen and oxygen atoms in total. The summed E-state index contributed by atoms with van der Waals surface area (Å²) in [4.78, 5) is 18.5. The fraction of sp³-hybridized carbons (Fsp3) is 0.300. The molecule has 0 radical (unpaired) electrons. The molecule has 0 unspecified atom stereocenters. The molecule has 0 aliphatic heterocycles. The molecule has 0 atom stereocenters. The Bertz CT molecular complexity index is 600. The number of thiocarbonyl (C=S) groups is 1. The lowest BCUT2D eigenvalue weighted by Crippen LogP contribution is -2.26. The van der Waals surface area contributed by atoms with Crippen molar-refractivity contribution in [2.75, 3.05) is 0 Å². The molecule has 0 aromatic carbocycles. The van der Waals surface area contributed by atoms with Crippen molar-refractivity contribution in [2.24, 2.45) is 5.73 Å². The average molecular weight is 253 g/mol. The van der Waals surface area contributed by atoms with Gasteiger partial charge in [-0.15, -0.1) is 11.3 Å². The van der Waals surface area contributed by atoms with Gasteiger partial charge in [-0.3, -0.25) is 9.36 Å². The van der Waals surface area contributed by atoms with Crippen LogP contribution in [0.3, 0.4) is 0 Å². The molecule has 0 aliphatic rings. The van der Waals surface area contributed by atoms with Crippen LogP contribution in [-0.4, -0.2) is 14.5 Å². The zero-order valence-corrected chi connectivity index (χ0v) is 10.4. The van der Waals surface area contributed by atoms with Crippen molar-refractivity contribution in [3.05, 3.63) is 27.6 Å². The summed E-state index contributed by atoms with van der Waals surface area (Å²) in [6.07, 6.45) is 2.41. The van der Waals surface area contributed by atoms with Gasteiger partial charge in [0.1, 0.15) is 4.83 Å². The van der Waals surface area contributed by atoms with E-state index < -0.39 is 0 Å². The van der Waals surface area contributed by atoms with Crippen LogP contribution in [0.5, 0.6) is 0 Å². The molecule has 0 saturated carbocycles. The van der Waals surface area contributed by atoms with Crippen molar-refractivity contribution in [1.29, 1.82) is 0 Å². The van der Waals surface area contributed by atoms with Crippen LogP contribution < -0.4 is 11.3 Å². The molecule has 2 N–H and O–H groups in total. The maximum Gasteiger partial charge on any atom is 0.262 e. The first-order valence-electron chi connectivity index (χ1n) is 4.88. The van der Waals surface area contributed by atoms with Crippen molar-refractivity contribution >= 4 is 38.8 Å². The normalized spacial score (nSPS) is 10.8. The molecule has 0 fully saturated rings. The van der Waals surface area contributed by atoms with E-state index >= 15 is 0 Å². The number of rotatable bonds is 3. The monoisotopic (exact) mass is 253 g/mol. The molecule has 84 valence electrons. The molecule has 2 aromatic heterocycles.